The predicted octanol–water partition coefficient (Wildman–Crippen LogP) is 1.62. The molecule has 0 aliphatic rings. The van der Waals surface area contributed by atoms with Crippen LogP contribution in [0.3, 0.4) is 0 Å². The first kappa shape index (κ1) is 24.8. The quantitative estimate of drug-likeness (QED) is 0.158. The van der Waals surface area contributed by atoms with E-state index in [0.29, 0.717) is 29.8 Å². The van der Waals surface area contributed by atoms with E-state index >= 15 is 0 Å². The van der Waals surface area contributed by atoms with Gasteiger partial charge in [0.15, 0.2) is 0 Å². The maximum Gasteiger partial charge on any atom is 0.296 e. The van der Waals surface area contributed by atoms with Crippen molar-refractivity contribution in [3.05, 3.63) is 35.9 Å². The van der Waals surface area contributed by atoms with Crippen LogP contribution in [-0.4, -0.2) is 38.3 Å². The van der Waals surface area contributed by atoms with Gasteiger partial charge in [0.25, 0.3) is 20.2 Å². The van der Waals surface area contributed by atoms with E-state index in [0.717, 1.165) is 29.9 Å². The van der Waals surface area contributed by atoms with Gasteiger partial charge in [-0.15, -0.1) is 0 Å². The van der Waals surface area contributed by atoms with Gasteiger partial charge in [-0.1, -0.05) is 0 Å². The number of anilines is 3. The van der Waals surface area contributed by atoms with E-state index < -0.39 is 30.0 Å². The SMILES string of the molecule is Cc1cc(N)c(OCCCS)cc1N.Nc1ccc(S(=O)(=O)O)cc1S(=O)(=O)O. The van der Waals surface area contributed by atoms with Crippen LogP contribution in [0.5, 0.6) is 5.75 Å². The second-order valence-corrected chi connectivity index (χ2v) is 9.08. The third kappa shape index (κ3) is 7.62. The lowest BCUT2D eigenvalue weighted by atomic mass is 10.1. The highest BCUT2D eigenvalue weighted by Gasteiger charge is 2.18. The highest BCUT2D eigenvalue weighted by Crippen LogP contribution is 2.27. The molecule has 0 amide bonds. The topological polar surface area (TPSA) is 196 Å². The summed E-state index contributed by atoms with van der Waals surface area (Å²) in [5.74, 6) is 1.47. The van der Waals surface area contributed by atoms with Gasteiger partial charge in [0.05, 0.1) is 22.9 Å². The number of benzene rings is 2. The molecule has 0 radical (unpaired) electrons. The molecule has 0 heterocycles. The van der Waals surface area contributed by atoms with Crippen molar-refractivity contribution >= 4 is 49.9 Å². The second-order valence-electron chi connectivity index (χ2n) is 5.82. The number of aryl methyl sites for hydroxylation is 1. The highest BCUT2D eigenvalue weighted by atomic mass is 32.2. The van der Waals surface area contributed by atoms with Gasteiger partial charge in [0, 0.05) is 11.8 Å². The van der Waals surface area contributed by atoms with Gasteiger partial charge in [0.2, 0.25) is 0 Å². The summed E-state index contributed by atoms with van der Waals surface area (Å²) in [4.78, 5) is -1.43. The van der Waals surface area contributed by atoms with Crippen LogP contribution in [0, 0.1) is 6.92 Å². The Balaban J connectivity index is 0.000000291. The van der Waals surface area contributed by atoms with Gasteiger partial charge < -0.3 is 21.9 Å². The number of hydrogen-bond donors (Lipinski definition) is 6. The monoisotopic (exact) mass is 465 g/mol. The summed E-state index contributed by atoms with van der Waals surface area (Å²) in [6.07, 6.45) is 0.899. The van der Waals surface area contributed by atoms with Crippen LogP contribution in [0.4, 0.5) is 17.1 Å². The number of rotatable bonds is 6. The molecular formula is C16H23N3O7S3. The zero-order chi connectivity index (χ0) is 22.4. The van der Waals surface area contributed by atoms with Crippen molar-refractivity contribution in [2.75, 3.05) is 29.6 Å². The number of thiol groups is 1. The molecule has 0 atom stereocenters. The standard InChI is InChI=1S/C10H16N2OS.C6H7NO6S2/c1-7-5-9(12)10(6-8(7)11)13-3-2-4-14;7-5-2-1-4(14(8,9)10)3-6(5)15(11,12)13/h5-6,14H,2-4,11-12H2,1H3;1-3H,7H2,(H,8,9,10)(H,11,12,13). The molecule has 13 heteroatoms. The Morgan fingerprint density at radius 1 is 0.931 bits per heavy atom. The molecule has 0 saturated carbocycles. The maximum absolute atomic E-state index is 10.7. The van der Waals surface area contributed by atoms with E-state index in [9.17, 15) is 16.8 Å². The molecule has 0 saturated heterocycles. The average Bonchev–Trinajstić information content (AvgIpc) is 2.58. The number of nitrogens with two attached hydrogens (primary N) is 3. The lowest BCUT2D eigenvalue weighted by Gasteiger charge is -2.10. The molecule has 0 aliphatic heterocycles. The Kier molecular flexibility index (Phi) is 8.59. The van der Waals surface area contributed by atoms with Crippen LogP contribution >= 0.6 is 12.6 Å². The summed E-state index contributed by atoms with van der Waals surface area (Å²) in [5.41, 5.74) is 18.7. The van der Waals surface area contributed by atoms with E-state index in [1.54, 1.807) is 6.07 Å². The molecule has 2 aromatic carbocycles. The summed E-state index contributed by atoms with van der Waals surface area (Å²) in [6.45, 7) is 2.54. The first-order valence-corrected chi connectivity index (χ1v) is 11.5. The minimum Gasteiger partial charge on any atom is -0.491 e. The molecule has 10 nitrogen and oxygen atoms in total. The molecule has 0 fully saturated rings. The van der Waals surface area contributed by atoms with Gasteiger partial charge in [-0.05, 0) is 48.9 Å². The molecule has 2 aromatic rings. The third-order valence-electron chi connectivity index (χ3n) is 3.52. The van der Waals surface area contributed by atoms with Crippen LogP contribution in [0.15, 0.2) is 40.1 Å². The van der Waals surface area contributed by atoms with Crippen LogP contribution in [0.2, 0.25) is 0 Å². The molecule has 29 heavy (non-hydrogen) atoms. The van der Waals surface area contributed by atoms with Gasteiger partial charge in [0.1, 0.15) is 10.6 Å². The predicted molar refractivity (Wildman–Crippen MR) is 114 cm³/mol. The summed E-state index contributed by atoms with van der Waals surface area (Å²) in [7, 11) is -9.15. The van der Waals surface area contributed by atoms with Crippen molar-refractivity contribution in [3.63, 3.8) is 0 Å². The number of ether oxygens (including phenoxy) is 1. The normalized spacial score (nSPS) is 11.4. The van der Waals surface area contributed by atoms with Crippen LogP contribution in [0.25, 0.3) is 0 Å². The molecule has 162 valence electrons. The maximum atomic E-state index is 10.7. The summed E-state index contributed by atoms with van der Waals surface area (Å²) in [6, 6.07) is 6.03. The van der Waals surface area contributed by atoms with E-state index in [1.807, 2.05) is 13.0 Å². The van der Waals surface area contributed by atoms with Crippen molar-refractivity contribution in [2.45, 2.75) is 23.1 Å². The van der Waals surface area contributed by atoms with Gasteiger partial charge in [-0.3, -0.25) is 9.11 Å². The zero-order valence-corrected chi connectivity index (χ0v) is 18.0. The van der Waals surface area contributed by atoms with Crippen molar-refractivity contribution in [1.82, 2.24) is 0 Å². The smallest absolute Gasteiger partial charge is 0.296 e. The Morgan fingerprint density at radius 2 is 1.55 bits per heavy atom. The van der Waals surface area contributed by atoms with Crippen LogP contribution in [-0.2, 0) is 20.2 Å². The van der Waals surface area contributed by atoms with Crippen LogP contribution in [0.1, 0.15) is 12.0 Å². The Morgan fingerprint density at radius 3 is 2.07 bits per heavy atom. The Bertz CT molecular complexity index is 1070. The highest BCUT2D eigenvalue weighted by molar-refractivity contribution is 7.86. The summed E-state index contributed by atoms with van der Waals surface area (Å²) >= 11 is 4.09. The third-order valence-corrected chi connectivity index (χ3v) is 5.59. The fourth-order valence-corrected chi connectivity index (χ4v) is 3.35. The van der Waals surface area contributed by atoms with E-state index in [-0.39, 0.29) is 5.69 Å². The van der Waals surface area contributed by atoms with E-state index in [1.165, 1.54) is 0 Å². The summed E-state index contributed by atoms with van der Waals surface area (Å²) in [5, 5.41) is 0. The molecule has 8 N–H and O–H groups in total. The Hall–Kier alpha value is -2.19. The molecule has 0 spiro atoms. The minimum absolute atomic E-state index is 0.315. The van der Waals surface area contributed by atoms with Crippen molar-refractivity contribution in [2.24, 2.45) is 0 Å². The molecule has 0 aliphatic carbocycles. The number of nitrogen functional groups attached to an aromatic ring is 3. The first-order chi connectivity index (χ1) is 13.3. The van der Waals surface area contributed by atoms with Crippen molar-refractivity contribution in [3.8, 4) is 5.75 Å². The molecule has 0 bridgehead atoms. The zero-order valence-electron chi connectivity index (χ0n) is 15.4. The minimum atomic E-state index is -4.62. The summed E-state index contributed by atoms with van der Waals surface area (Å²) < 4.78 is 65.5. The second kappa shape index (κ2) is 10.0. The molecule has 2 rings (SSSR count). The fourth-order valence-electron chi connectivity index (χ4n) is 2.00. The molecular weight excluding hydrogens is 442 g/mol. The van der Waals surface area contributed by atoms with Gasteiger partial charge >= 0.3 is 0 Å². The van der Waals surface area contributed by atoms with Crippen molar-refractivity contribution in [1.29, 1.82) is 0 Å². The average molecular weight is 466 g/mol. The van der Waals surface area contributed by atoms with Crippen LogP contribution < -0.4 is 21.9 Å². The first-order valence-electron chi connectivity index (χ1n) is 8.01. The largest absolute Gasteiger partial charge is 0.491 e. The molecule has 0 unspecified atom stereocenters. The van der Waals surface area contributed by atoms with Crippen molar-refractivity contribution < 1.29 is 30.7 Å². The number of hydrogen-bond acceptors (Lipinski definition) is 9. The lowest BCUT2D eigenvalue weighted by Crippen LogP contribution is -2.06. The van der Waals surface area contributed by atoms with Gasteiger partial charge in [-0.25, -0.2) is 0 Å². The Labute approximate surface area is 174 Å². The van der Waals surface area contributed by atoms with Gasteiger partial charge in [-0.2, -0.15) is 29.5 Å². The molecule has 0 aromatic heterocycles. The van der Waals surface area contributed by atoms with E-state index in [2.05, 4.69) is 12.6 Å². The fraction of sp³-hybridized carbons (Fsp3) is 0.250. The lowest BCUT2D eigenvalue weighted by molar-refractivity contribution is 0.320. The van der Waals surface area contributed by atoms with E-state index in [4.69, 9.17) is 31.0 Å².